The Kier molecular flexibility index (Phi) is 3.14. The maximum atomic E-state index is 12.2. The van der Waals surface area contributed by atoms with Crippen LogP contribution in [0.15, 0.2) is 24.3 Å². The zero-order valence-electron chi connectivity index (χ0n) is 10.3. The number of nitrogens with zero attached hydrogens (tertiary/aromatic N) is 1. The molecule has 1 N–H and O–H groups in total. The summed E-state index contributed by atoms with van der Waals surface area (Å²) in [5, 5.41) is 4.27. The highest BCUT2D eigenvalue weighted by molar-refractivity contribution is 7.18. The molecule has 0 aliphatic carbocycles. The van der Waals surface area contributed by atoms with Crippen molar-refractivity contribution in [1.29, 1.82) is 0 Å². The number of nitrogens with one attached hydrogen (secondary N) is 1. The van der Waals surface area contributed by atoms with Crippen molar-refractivity contribution >= 4 is 27.3 Å². The van der Waals surface area contributed by atoms with Crippen molar-refractivity contribution in [1.82, 2.24) is 10.3 Å². The minimum Gasteiger partial charge on any atom is -0.314 e. The first-order chi connectivity index (χ1) is 8.74. The van der Waals surface area contributed by atoms with Crippen LogP contribution in [0.3, 0.4) is 0 Å². The molecule has 1 saturated heterocycles. The van der Waals surface area contributed by atoms with Gasteiger partial charge in [0.2, 0.25) is 0 Å². The molecule has 2 aromatic rings. The lowest BCUT2D eigenvalue weighted by Crippen LogP contribution is -2.29. The van der Waals surface area contributed by atoms with Crippen molar-refractivity contribution in [3.63, 3.8) is 0 Å². The van der Waals surface area contributed by atoms with Gasteiger partial charge in [-0.3, -0.25) is 4.79 Å². The van der Waals surface area contributed by atoms with Crippen molar-refractivity contribution in [2.75, 3.05) is 6.54 Å². The third kappa shape index (κ3) is 2.18. The van der Waals surface area contributed by atoms with Gasteiger partial charge in [-0.05, 0) is 32.0 Å². The second kappa shape index (κ2) is 4.78. The van der Waals surface area contributed by atoms with Gasteiger partial charge in [0, 0.05) is 12.0 Å². The molecule has 1 aliphatic rings. The first kappa shape index (κ1) is 11.8. The van der Waals surface area contributed by atoms with Gasteiger partial charge in [-0.1, -0.05) is 12.1 Å². The Bertz CT molecular complexity index is 545. The van der Waals surface area contributed by atoms with Gasteiger partial charge in [-0.25, -0.2) is 4.98 Å². The zero-order valence-corrected chi connectivity index (χ0v) is 11.2. The van der Waals surface area contributed by atoms with Crippen LogP contribution in [-0.4, -0.2) is 23.4 Å². The average Bonchev–Trinajstić information content (AvgIpc) is 2.94. The van der Waals surface area contributed by atoms with Crippen LogP contribution in [0.4, 0.5) is 0 Å². The Hall–Kier alpha value is -1.26. The van der Waals surface area contributed by atoms with E-state index in [9.17, 15) is 4.79 Å². The quantitative estimate of drug-likeness (QED) is 0.921. The smallest absolute Gasteiger partial charge is 0.144 e. The summed E-state index contributed by atoms with van der Waals surface area (Å²) in [5.41, 5.74) is 1.00. The molecule has 3 rings (SSSR count). The van der Waals surface area contributed by atoms with Crippen LogP contribution in [0, 0.1) is 5.92 Å². The van der Waals surface area contributed by atoms with E-state index in [1.54, 1.807) is 11.3 Å². The molecule has 0 amide bonds. The van der Waals surface area contributed by atoms with E-state index >= 15 is 0 Å². The number of para-hydroxylation sites is 1. The zero-order chi connectivity index (χ0) is 12.5. The summed E-state index contributed by atoms with van der Waals surface area (Å²) >= 11 is 1.63. The van der Waals surface area contributed by atoms with E-state index < -0.39 is 0 Å². The Balaban J connectivity index is 1.77. The number of thiazole rings is 1. The fraction of sp³-hybridized carbons (Fsp3) is 0.429. The monoisotopic (exact) mass is 260 g/mol. The minimum absolute atomic E-state index is 0.164. The van der Waals surface area contributed by atoms with E-state index in [4.69, 9.17) is 0 Å². The van der Waals surface area contributed by atoms with Crippen LogP contribution in [0.1, 0.15) is 18.4 Å². The van der Waals surface area contributed by atoms with Gasteiger partial charge in [-0.2, -0.15) is 0 Å². The molecule has 2 atom stereocenters. The second-order valence-corrected chi connectivity index (χ2v) is 5.97. The second-order valence-electron chi connectivity index (χ2n) is 4.86. The van der Waals surface area contributed by atoms with Crippen LogP contribution in [-0.2, 0) is 11.2 Å². The van der Waals surface area contributed by atoms with E-state index in [1.807, 2.05) is 18.2 Å². The lowest BCUT2D eigenvalue weighted by Gasteiger charge is -2.12. The third-order valence-electron chi connectivity index (χ3n) is 3.60. The maximum absolute atomic E-state index is 12.2. The maximum Gasteiger partial charge on any atom is 0.144 e. The highest BCUT2D eigenvalue weighted by Crippen LogP contribution is 2.24. The number of Topliss-reactive ketones (excluding diaryl/α,β-unsaturated/α-hetero) is 1. The van der Waals surface area contributed by atoms with Crippen LogP contribution < -0.4 is 5.32 Å². The van der Waals surface area contributed by atoms with E-state index in [-0.39, 0.29) is 5.92 Å². The topological polar surface area (TPSA) is 42.0 Å². The van der Waals surface area contributed by atoms with E-state index in [0.717, 1.165) is 28.2 Å². The van der Waals surface area contributed by atoms with E-state index in [2.05, 4.69) is 23.3 Å². The number of rotatable bonds is 3. The van der Waals surface area contributed by atoms with Crippen molar-refractivity contribution in [2.24, 2.45) is 5.92 Å². The number of benzene rings is 1. The van der Waals surface area contributed by atoms with Crippen LogP contribution in [0.25, 0.3) is 10.2 Å². The molecule has 0 saturated carbocycles. The summed E-state index contributed by atoms with van der Waals surface area (Å²) in [4.78, 5) is 16.8. The minimum atomic E-state index is 0.164. The fourth-order valence-corrected chi connectivity index (χ4v) is 3.55. The number of hydrogen-bond acceptors (Lipinski definition) is 4. The molecule has 0 radical (unpaired) electrons. The summed E-state index contributed by atoms with van der Waals surface area (Å²) in [6, 6.07) is 8.36. The number of aromatic nitrogens is 1. The summed E-state index contributed by atoms with van der Waals surface area (Å²) in [6.07, 6.45) is 1.45. The summed E-state index contributed by atoms with van der Waals surface area (Å²) in [5.74, 6) is 0.489. The molecular formula is C14H16N2OS. The lowest BCUT2D eigenvalue weighted by atomic mass is 9.95. The van der Waals surface area contributed by atoms with Gasteiger partial charge >= 0.3 is 0 Å². The predicted molar refractivity (Wildman–Crippen MR) is 73.9 cm³/mol. The molecule has 1 aromatic heterocycles. The first-order valence-corrected chi connectivity index (χ1v) is 7.16. The SMILES string of the molecule is CC1NCCC1C(=O)Cc1nc2ccccc2s1. The van der Waals surface area contributed by atoms with Gasteiger partial charge in [-0.15, -0.1) is 11.3 Å². The van der Waals surface area contributed by atoms with Crippen molar-refractivity contribution in [2.45, 2.75) is 25.8 Å². The fourth-order valence-electron chi connectivity index (χ4n) is 2.57. The van der Waals surface area contributed by atoms with Crippen molar-refractivity contribution in [3.8, 4) is 0 Å². The number of fused-ring (bicyclic) bond motifs is 1. The molecule has 94 valence electrons. The molecule has 2 heterocycles. The van der Waals surface area contributed by atoms with Gasteiger partial charge in [0.25, 0.3) is 0 Å². The van der Waals surface area contributed by atoms with Crippen molar-refractivity contribution < 1.29 is 4.79 Å². The Morgan fingerprint density at radius 2 is 2.33 bits per heavy atom. The summed E-state index contributed by atoms with van der Waals surface area (Å²) in [7, 11) is 0. The molecular weight excluding hydrogens is 244 g/mol. The molecule has 1 aliphatic heterocycles. The van der Waals surface area contributed by atoms with Crippen molar-refractivity contribution in [3.05, 3.63) is 29.3 Å². The molecule has 18 heavy (non-hydrogen) atoms. The number of ketones is 1. The van der Waals surface area contributed by atoms with Crippen LogP contribution in [0.2, 0.25) is 0 Å². The highest BCUT2D eigenvalue weighted by atomic mass is 32.1. The third-order valence-corrected chi connectivity index (χ3v) is 4.64. The molecule has 1 fully saturated rings. The largest absolute Gasteiger partial charge is 0.314 e. The van der Waals surface area contributed by atoms with E-state index in [0.29, 0.717) is 18.2 Å². The molecule has 0 spiro atoms. The average molecular weight is 260 g/mol. The van der Waals surface area contributed by atoms with Gasteiger partial charge in [0.05, 0.1) is 16.6 Å². The highest BCUT2D eigenvalue weighted by Gasteiger charge is 2.29. The number of carbonyl (C=O) groups is 1. The number of carbonyl (C=O) groups excluding carboxylic acids is 1. The summed E-state index contributed by atoms with van der Waals surface area (Å²) < 4.78 is 1.16. The Labute approximate surface area is 110 Å². The Morgan fingerprint density at radius 3 is 3.06 bits per heavy atom. The Morgan fingerprint density at radius 1 is 1.50 bits per heavy atom. The predicted octanol–water partition coefficient (Wildman–Crippen LogP) is 2.41. The lowest BCUT2D eigenvalue weighted by molar-refractivity contribution is -0.122. The molecule has 2 unspecified atom stereocenters. The van der Waals surface area contributed by atoms with Crippen LogP contribution >= 0.6 is 11.3 Å². The van der Waals surface area contributed by atoms with Gasteiger partial charge < -0.3 is 5.32 Å². The normalized spacial score (nSPS) is 23.6. The number of hydrogen-bond donors (Lipinski definition) is 1. The van der Waals surface area contributed by atoms with Gasteiger partial charge in [0.15, 0.2) is 0 Å². The molecule has 4 heteroatoms. The summed E-state index contributed by atoms with van der Waals surface area (Å²) in [6.45, 7) is 3.05. The first-order valence-electron chi connectivity index (χ1n) is 6.34. The van der Waals surface area contributed by atoms with Gasteiger partial charge in [0.1, 0.15) is 10.8 Å². The van der Waals surface area contributed by atoms with Crippen LogP contribution in [0.5, 0.6) is 0 Å². The van der Waals surface area contributed by atoms with E-state index in [1.165, 1.54) is 0 Å². The standard InChI is InChI=1S/C14H16N2OS/c1-9-10(6-7-15-9)12(17)8-14-16-11-4-2-3-5-13(11)18-14/h2-5,9-10,15H,6-8H2,1H3. The molecule has 1 aromatic carbocycles. The molecule has 3 nitrogen and oxygen atoms in total. The molecule has 0 bridgehead atoms.